The zero-order valence-corrected chi connectivity index (χ0v) is 18.1. The molecule has 1 aromatic heterocycles. The van der Waals surface area contributed by atoms with Crippen molar-refractivity contribution in [3.05, 3.63) is 60.6 Å². The van der Waals surface area contributed by atoms with Crippen molar-refractivity contribution in [2.24, 2.45) is 0 Å². The number of unbranched alkanes of at least 4 members (excludes halogenated alkanes) is 3. The smallest absolute Gasteiger partial charge is 0.333 e. The van der Waals surface area contributed by atoms with Gasteiger partial charge in [0, 0.05) is 30.7 Å². The Balaban J connectivity index is 0.00000364. The number of carbonyl (C=O) groups excluding carboxylic acids is 1. The number of ether oxygens (including phenoxy) is 1. The molecule has 1 aromatic rings. The minimum absolute atomic E-state index is 0. The van der Waals surface area contributed by atoms with Gasteiger partial charge in [-0.15, -0.1) is 17.0 Å². The Morgan fingerprint density at radius 3 is 2.63 bits per heavy atom. The van der Waals surface area contributed by atoms with Gasteiger partial charge in [-0.3, -0.25) is 4.98 Å². The fourth-order valence-corrected chi connectivity index (χ4v) is 2.92. The van der Waals surface area contributed by atoms with Crippen LogP contribution < -0.4 is 0 Å². The first-order valence-corrected chi connectivity index (χ1v) is 9.49. The maximum atomic E-state index is 11.9. The molecule has 1 aliphatic rings. The predicted molar refractivity (Wildman–Crippen MR) is 117 cm³/mol. The van der Waals surface area contributed by atoms with E-state index in [9.17, 15) is 4.79 Å². The molecular weight excluding hydrogens is 404 g/mol. The van der Waals surface area contributed by atoms with E-state index in [0.717, 1.165) is 19.4 Å². The SMILES string of the molecule is Br.C=C(C)C(=O)OC(CCCCCC)CN1C=CC(c2ccncc2)=CC1. The molecule has 148 valence electrons. The molecule has 2 rings (SSSR count). The number of nitrogens with zero attached hydrogens (tertiary/aromatic N) is 2. The number of halogens is 1. The molecule has 27 heavy (non-hydrogen) atoms. The average Bonchev–Trinajstić information content (AvgIpc) is 2.66. The first kappa shape index (κ1) is 23.2. The quantitative estimate of drug-likeness (QED) is 0.283. The highest BCUT2D eigenvalue weighted by Crippen LogP contribution is 2.20. The predicted octanol–water partition coefficient (Wildman–Crippen LogP) is 5.33. The fraction of sp³-hybridized carbons (Fsp3) is 0.455. The summed E-state index contributed by atoms with van der Waals surface area (Å²) in [6.45, 7) is 9.10. The van der Waals surface area contributed by atoms with Gasteiger partial charge in [0.25, 0.3) is 0 Å². The van der Waals surface area contributed by atoms with Crippen LogP contribution in [-0.2, 0) is 9.53 Å². The van der Waals surface area contributed by atoms with Gasteiger partial charge in [0.05, 0.1) is 6.54 Å². The summed E-state index contributed by atoms with van der Waals surface area (Å²) in [5, 5.41) is 0. The van der Waals surface area contributed by atoms with Gasteiger partial charge in [0.15, 0.2) is 0 Å². The Bertz CT molecular complexity index is 656. The first-order valence-electron chi connectivity index (χ1n) is 9.49. The molecule has 0 aromatic carbocycles. The molecule has 0 fully saturated rings. The Morgan fingerprint density at radius 1 is 1.30 bits per heavy atom. The number of hydrogen-bond acceptors (Lipinski definition) is 4. The maximum absolute atomic E-state index is 11.9. The molecule has 1 unspecified atom stereocenters. The van der Waals surface area contributed by atoms with Gasteiger partial charge < -0.3 is 9.64 Å². The molecule has 0 bridgehead atoms. The Hall–Kier alpha value is -1.88. The van der Waals surface area contributed by atoms with E-state index in [1.54, 1.807) is 19.3 Å². The summed E-state index contributed by atoms with van der Waals surface area (Å²) in [6, 6.07) is 4.02. The van der Waals surface area contributed by atoms with E-state index in [4.69, 9.17) is 4.74 Å². The molecule has 1 aliphatic heterocycles. The lowest BCUT2D eigenvalue weighted by Crippen LogP contribution is -2.33. The molecule has 4 nitrogen and oxygen atoms in total. The highest BCUT2D eigenvalue weighted by atomic mass is 79.9. The number of rotatable bonds is 10. The van der Waals surface area contributed by atoms with Crippen LogP contribution in [-0.4, -0.2) is 35.0 Å². The third-order valence-corrected chi connectivity index (χ3v) is 4.46. The Kier molecular flexibility index (Phi) is 10.7. The summed E-state index contributed by atoms with van der Waals surface area (Å²) >= 11 is 0. The van der Waals surface area contributed by atoms with Crippen molar-refractivity contribution in [1.29, 1.82) is 0 Å². The molecule has 0 radical (unpaired) electrons. The number of aromatic nitrogens is 1. The highest BCUT2D eigenvalue weighted by molar-refractivity contribution is 8.93. The van der Waals surface area contributed by atoms with Gasteiger partial charge in [-0.1, -0.05) is 38.8 Å². The van der Waals surface area contributed by atoms with Crippen molar-refractivity contribution in [2.75, 3.05) is 13.1 Å². The second kappa shape index (κ2) is 12.5. The van der Waals surface area contributed by atoms with Crippen LogP contribution in [0.2, 0.25) is 0 Å². The van der Waals surface area contributed by atoms with Crippen LogP contribution in [0.25, 0.3) is 5.57 Å². The van der Waals surface area contributed by atoms with Crippen LogP contribution in [0.3, 0.4) is 0 Å². The van der Waals surface area contributed by atoms with Gasteiger partial charge >= 0.3 is 5.97 Å². The zero-order chi connectivity index (χ0) is 18.8. The number of esters is 1. The normalized spacial score (nSPS) is 14.1. The largest absolute Gasteiger partial charge is 0.457 e. The lowest BCUT2D eigenvalue weighted by Gasteiger charge is -2.28. The van der Waals surface area contributed by atoms with E-state index < -0.39 is 0 Å². The summed E-state index contributed by atoms with van der Waals surface area (Å²) in [5.74, 6) is -0.292. The molecule has 0 saturated heterocycles. The van der Waals surface area contributed by atoms with Crippen LogP contribution in [0.5, 0.6) is 0 Å². The topological polar surface area (TPSA) is 42.4 Å². The van der Waals surface area contributed by atoms with Crippen molar-refractivity contribution in [1.82, 2.24) is 9.88 Å². The van der Waals surface area contributed by atoms with Crippen molar-refractivity contribution >= 4 is 28.5 Å². The van der Waals surface area contributed by atoms with Crippen molar-refractivity contribution in [3.63, 3.8) is 0 Å². The second-order valence-corrected chi connectivity index (χ2v) is 6.82. The second-order valence-electron chi connectivity index (χ2n) is 6.82. The molecule has 0 aliphatic carbocycles. The van der Waals surface area contributed by atoms with Gasteiger partial charge in [0.2, 0.25) is 0 Å². The lowest BCUT2D eigenvalue weighted by atomic mass is 10.0. The van der Waals surface area contributed by atoms with Gasteiger partial charge in [-0.2, -0.15) is 0 Å². The van der Waals surface area contributed by atoms with Crippen molar-refractivity contribution in [3.8, 4) is 0 Å². The monoisotopic (exact) mass is 434 g/mol. The van der Waals surface area contributed by atoms with Crippen LogP contribution >= 0.6 is 17.0 Å². The number of carbonyl (C=O) groups is 1. The van der Waals surface area contributed by atoms with Crippen molar-refractivity contribution in [2.45, 2.75) is 52.1 Å². The van der Waals surface area contributed by atoms with Gasteiger partial charge in [-0.05, 0) is 49.1 Å². The van der Waals surface area contributed by atoms with Crippen LogP contribution in [0, 0.1) is 0 Å². The van der Waals surface area contributed by atoms with E-state index in [1.807, 2.05) is 12.1 Å². The minimum atomic E-state index is -0.292. The maximum Gasteiger partial charge on any atom is 0.333 e. The van der Waals surface area contributed by atoms with Crippen LogP contribution in [0.4, 0.5) is 0 Å². The van der Waals surface area contributed by atoms with Gasteiger partial charge in [-0.25, -0.2) is 4.79 Å². The van der Waals surface area contributed by atoms with E-state index >= 15 is 0 Å². The molecule has 0 saturated carbocycles. The summed E-state index contributed by atoms with van der Waals surface area (Å²) < 4.78 is 5.66. The third kappa shape index (κ3) is 8.12. The standard InChI is InChI=1S/C22H30N2O2.BrH/c1-4-5-6-7-8-21(26-22(25)18(2)3)17-24-15-11-20(12-16-24)19-9-13-23-14-10-19;/h9-15,21H,2,4-8,16-17H2,1,3H3;1H. The molecule has 0 spiro atoms. The molecule has 0 N–H and O–H groups in total. The highest BCUT2D eigenvalue weighted by Gasteiger charge is 2.18. The lowest BCUT2D eigenvalue weighted by molar-refractivity contribution is -0.145. The van der Waals surface area contributed by atoms with Crippen LogP contribution in [0.1, 0.15) is 51.5 Å². The molecule has 5 heteroatoms. The molecule has 1 atom stereocenters. The molecular formula is C22H31BrN2O2. The number of allylic oxidation sites excluding steroid dienone is 2. The summed E-state index contributed by atoms with van der Waals surface area (Å²) in [5.41, 5.74) is 2.82. The zero-order valence-electron chi connectivity index (χ0n) is 16.4. The van der Waals surface area contributed by atoms with E-state index in [0.29, 0.717) is 12.1 Å². The van der Waals surface area contributed by atoms with E-state index in [-0.39, 0.29) is 29.1 Å². The summed E-state index contributed by atoms with van der Waals surface area (Å²) in [6.07, 6.45) is 15.5. The van der Waals surface area contributed by atoms with E-state index in [1.165, 1.54) is 30.4 Å². The fourth-order valence-electron chi connectivity index (χ4n) is 2.92. The first-order chi connectivity index (χ1) is 12.6. The van der Waals surface area contributed by atoms with Crippen LogP contribution in [0.15, 0.2) is 55.0 Å². The third-order valence-electron chi connectivity index (χ3n) is 4.46. The van der Waals surface area contributed by atoms with Gasteiger partial charge in [0.1, 0.15) is 6.10 Å². The van der Waals surface area contributed by atoms with Crippen molar-refractivity contribution < 1.29 is 9.53 Å². The molecule has 0 amide bonds. The molecule has 2 heterocycles. The minimum Gasteiger partial charge on any atom is -0.457 e. The summed E-state index contributed by atoms with van der Waals surface area (Å²) in [7, 11) is 0. The number of pyridine rings is 1. The summed E-state index contributed by atoms with van der Waals surface area (Å²) in [4.78, 5) is 18.2. The Labute approximate surface area is 173 Å². The Morgan fingerprint density at radius 2 is 2.04 bits per heavy atom. The van der Waals surface area contributed by atoms with E-state index in [2.05, 4.69) is 41.7 Å². The number of hydrogen-bond donors (Lipinski definition) is 0. The average molecular weight is 435 g/mol.